The standard InChI is InChI=1S/C16H24O3/c1-3-5-6-13-19-15-10-7-14(8-11-15)9-12-16(17)18-4-2/h7-8,10-11H,3-6,9,12-13H2,1-2H3. The van der Waals surface area contributed by atoms with Crippen molar-refractivity contribution in [3.63, 3.8) is 0 Å². The van der Waals surface area contributed by atoms with Gasteiger partial charge in [0.15, 0.2) is 0 Å². The normalized spacial score (nSPS) is 10.2. The van der Waals surface area contributed by atoms with Crippen molar-refractivity contribution >= 4 is 5.97 Å². The molecule has 0 saturated carbocycles. The lowest BCUT2D eigenvalue weighted by atomic mass is 10.1. The van der Waals surface area contributed by atoms with E-state index < -0.39 is 0 Å². The first kappa shape index (κ1) is 15.5. The minimum atomic E-state index is -0.137. The Morgan fingerprint density at radius 2 is 1.84 bits per heavy atom. The van der Waals surface area contributed by atoms with Crippen molar-refractivity contribution in [1.29, 1.82) is 0 Å². The van der Waals surface area contributed by atoms with E-state index in [2.05, 4.69) is 6.92 Å². The Morgan fingerprint density at radius 3 is 2.47 bits per heavy atom. The molecule has 0 saturated heterocycles. The highest BCUT2D eigenvalue weighted by molar-refractivity contribution is 5.69. The van der Waals surface area contributed by atoms with Gasteiger partial charge in [0.1, 0.15) is 5.75 Å². The zero-order valence-corrected chi connectivity index (χ0v) is 12.0. The number of carbonyl (C=O) groups is 1. The molecule has 0 atom stereocenters. The summed E-state index contributed by atoms with van der Waals surface area (Å²) < 4.78 is 10.5. The molecule has 0 radical (unpaired) electrons. The Balaban J connectivity index is 2.29. The van der Waals surface area contributed by atoms with Crippen LogP contribution in [0, 0.1) is 0 Å². The maximum absolute atomic E-state index is 11.2. The topological polar surface area (TPSA) is 35.5 Å². The number of carbonyl (C=O) groups excluding carboxylic acids is 1. The third-order valence-corrected chi connectivity index (χ3v) is 2.86. The molecular formula is C16H24O3. The van der Waals surface area contributed by atoms with Crippen LogP contribution in [-0.4, -0.2) is 19.2 Å². The number of rotatable bonds is 9. The van der Waals surface area contributed by atoms with Gasteiger partial charge in [-0.3, -0.25) is 4.79 Å². The predicted octanol–water partition coefficient (Wildman–Crippen LogP) is 3.75. The number of esters is 1. The average Bonchev–Trinajstić information content (AvgIpc) is 2.43. The molecule has 0 amide bonds. The van der Waals surface area contributed by atoms with Crippen LogP contribution in [0.2, 0.25) is 0 Å². The monoisotopic (exact) mass is 264 g/mol. The average molecular weight is 264 g/mol. The molecule has 0 spiro atoms. The Hall–Kier alpha value is -1.51. The highest BCUT2D eigenvalue weighted by Crippen LogP contribution is 2.14. The smallest absolute Gasteiger partial charge is 0.306 e. The largest absolute Gasteiger partial charge is 0.494 e. The highest BCUT2D eigenvalue weighted by Gasteiger charge is 2.02. The molecule has 0 aliphatic rings. The van der Waals surface area contributed by atoms with E-state index in [1.165, 1.54) is 12.8 Å². The van der Waals surface area contributed by atoms with Crippen molar-refractivity contribution in [3.8, 4) is 5.75 Å². The van der Waals surface area contributed by atoms with Crippen LogP contribution in [0.15, 0.2) is 24.3 Å². The van der Waals surface area contributed by atoms with Crippen LogP contribution < -0.4 is 4.74 Å². The van der Waals surface area contributed by atoms with Crippen molar-refractivity contribution in [2.24, 2.45) is 0 Å². The first-order chi connectivity index (χ1) is 9.26. The van der Waals surface area contributed by atoms with Gasteiger partial charge in [-0.25, -0.2) is 0 Å². The van der Waals surface area contributed by atoms with Crippen molar-refractivity contribution in [3.05, 3.63) is 29.8 Å². The van der Waals surface area contributed by atoms with E-state index in [1.807, 2.05) is 31.2 Å². The van der Waals surface area contributed by atoms with E-state index in [4.69, 9.17) is 9.47 Å². The molecule has 3 nitrogen and oxygen atoms in total. The molecule has 0 unspecified atom stereocenters. The fourth-order valence-electron chi connectivity index (χ4n) is 1.77. The van der Waals surface area contributed by atoms with E-state index >= 15 is 0 Å². The molecule has 1 rings (SSSR count). The predicted molar refractivity (Wildman–Crippen MR) is 76.4 cm³/mol. The second-order valence-corrected chi connectivity index (χ2v) is 4.50. The number of unbranched alkanes of at least 4 members (excludes halogenated alkanes) is 2. The number of aryl methyl sites for hydroxylation is 1. The zero-order chi connectivity index (χ0) is 13.9. The highest BCUT2D eigenvalue weighted by atomic mass is 16.5. The lowest BCUT2D eigenvalue weighted by Gasteiger charge is -2.07. The van der Waals surface area contributed by atoms with Crippen molar-refractivity contribution < 1.29 is 14.3 Å². The number of benzene rings is 1. The molecule has 19 heavy (non-hydrogen) atoms. The van der Waals surface area contributed by atoms with Crippen molar-refractivity contribution in [1.82, 2.24) is 0 Å². The van der Waals surface area contributed by atoms with Gasteiger partial charge in [-0.05, 0) is 37.5 Å². The summed E-state index contributed by atoms with van der Waals surface area (Å²) in [7, 11) is 0. The molecule has 0 aliphatic heterocycles. The number of ether oxygens (including phenoxy) is 2. The molecule has 3 heteroatoms. The molecule has 0 heterocycles. The van der Waals surface area contributed by atoms with E-state index in [0.29, 0.717) is 13.0 Å². The van der Waals surface area contributed by atoms with Gasteiger partial charge in [0.25, 0.3) is 0 Å². The van der Waals surface area contributed by atoms with Crippen LogP contribution in [0.3, 0.4) is 0 Å². The second-order valence-electron chi connectivity index (χ2n) is 4.50. The summed E-state index contributed by atoms with van der Waals surface area (Å²) >= 11 is 0. The minimum absolute atomic E-state index is 0.137. The Kier molecular flexibility index (Phi) is 7.71. The number of hydrogen-bond donors (Lipinski definition) is 0. The number of hydrogen-bond acceptors (Lipinski definition) is 3. The molecule has 106 valence electrons. The minimum Gasteiger partial charge on any atom is -0.494 e. The van der Waals surface area contributed by atoms with E-state index in [-0.39, 0.29) is 5.97 Å². The van der Waals surface area contributed by atoms with E-state index in [1.54, 1.807) is 0 Å². The molecule has 0 fully saturated rings. The van der Waals surface area contributed by atoms with Crippen LogP contribution in [-0.2, 0) is 16.0 Å². The summed E-state index contributed by atoms with van der Waals surface area (Å²) in [6.45, 7) is 5.22. The lowest BCUT2D eigenvalue weighted by molar-refractivity contribution is -0.143. The fraction of sp³-hybridized carbons (Fsp3) is 0.562. The summed E-state index contributed by atoms with van der Waals surface area (Å²) in [4.78, 5) is 11.2. The van der Waals surface area contributed by atoms with Crippen molar-refractivity contribution in [2.45, 2.75) is 46.0 Å². The van der Waals surface area contributed by atoms with Gasteiger partial charge < -0.3 is 9.47 Å². The maximum Gasteiger partial charge on any atom is 0.306 e. The van der Waals surface area contributed by atoms with Gasteiger partial charge in [0, 0.05) is 6.42 Å². The van der Waals surface area contributed by atoms with Gasteiger partial charge >= 0.3 is 5.97 Å². The van der Waals surface area contributed by atoms with Crippen LogP contribution in [0.4, 0.5) is 0 Å². The molecule has 0 bridgehead atoms. The van der Waals surface area contributed by atoms with Gasteiger partial charge in [-0.1, -0.05) is 31.9 Å². The summed E-state index contributed by atoms with van der Waals surface area (Å²) in [5.41, 5.74) is 1.13. The Morgan fingerprint density at radius 1 is 1.11 bits per heavy atom. The van der Waals surface area contributed by atoms with Crippen LogP contribution in [0.1, 0.15) is 45.1 Å². The quantitative estimate of drug-likeness (QED) is 0.503. The van der Waals surface area contributed by atoms with E-state index in [9.17, 15) is 4.79 Å². The van der Waals surface area contributed by atoms with Gasteiger partial charge in [-0.2, -0.15) is 0 Å². The molecular weight excluding hydrogens is 240 g/mol. The first-order valence-corrected chi connectivity index (χ1v) is 7.13. The van der Waals surface area contributed by atoms with Crippen LogP contribution in [0.25, 0.3) is 0 Å². The van der Waals surface area contributed by atoms with Gasteiger partial charge in [0.2, 0.25) is 0 Å². The van der Waals surface area contributed by atoms with Gasteiger partial charge in [0.05, 0.1) is 13.2 Å². The molecule has 0 aliphatic carbocycles. The zero-order valence-electron chi connectivity index (χ0n) is 12.0. The molecule has 0 aromatic heterocycles. The third kappa shape index (κ3) is 6.85. The summed E-state index contributed by atoms with van der Waals surface area (Å²) in [5, 5.41) is 0. The van der Waals surface area contributed by atoms with Gasteiger partial charge in [-0.15, -0.1) is 0 Å². The summed E-state index contributed by atoms with van der Waals surface area (Å²) in [5.74, 6) is 0.762. The first-order valence-electron chi connectivity index (χ1n) is 7.13. The van der Waals surface area contributed by atoms with Crippen LogP contribution in [0.5, 0.6) is 5.75 Å². The third-order valence-electron chi connectivity index (χ3n) is 2.86. The molecule has 0 N–H and O–H groups in total. The van der Waals surface area contributed by atoms with E-state index in [0.717, 1.165) is 30.8 Å². The fourth-order valence-corrected chi connectivity index (χ4v) is 1.77. The summed E-state index contributed by atoms with van der Waals surface area (Å²) in [6, 6.07) is 7.95. The Labute approximate surface area is 115 Å². The second kappa shape index (κ2) is 9.42. The summed E-state index contributed by atoms with van der Waals surface area (Å²) in [6.07, 6.45) is 4.66. The maximum atomic E-state index is 11.2. The van der Waals surface area contributed by atoms with Crippen LogP contribution >= 0.6 is 0 Å². The SMILES string of the molecule is CCCCCOc1ccc(CCC(=O)OCC)cc1. The molecule has 1 aromatic rings. The lowest BCUT2D eigenvalue weighted by Crippen LogP contribution is -2.05. The Bertz CT molecular complexity index is 357. The molecule has 1 aromatic carbocycles. The van der Waals surface area contributed by atoms with Crippen molar-refractivity contribution in [2.75, 3.05) is 13.2 Å².